The molecule has 3 aliphatic heterocycles. The fourth-order valence-corrected chi connectivity index (χ4v) is 9.44. The molecule has 1 spiro atoms. The van der Waals surface area contributed by atoms with E-state index in [4.69, 9.17) is 14.5 Å². The van der Waals surface area contributed by atoms with Crippen LogP contribution in [-0.2, 0) is 77.6 Å². The van der Waals surface area contributed by atoms with E-state index in [9.17, 15) is 47.9 Å². The molecule has 3 atom stereocenters. The van der Waals surface area contributed by atoms with E-state index in [1.54, 1.807) is 11.5 Å². The summed E-state index contributed by atoms with van der Waals surface area (Å²) >= 11 is 0. The first-order chi connectivity index (χ1) is 32.6. The summed E-state index contributed by atoms with van der Waals surface area (Å²) in [5.41, 5.74) is 3.99. The van der Waals surface area contributed by atoms with Gasteiger partial charge in [-0.25, -0.2) is 9.37 Å². The number of fused-ring (bicyclic) bond motifs is 6. The van der Waals surface area contributed by atoms with E-state index in [0.29, 0.717) is 83.1 Å². The summed E-state index contributed by atoms with van der Waals surface area (Å²) in [6, 6.07) is 2.66. The zero-order chi connectivity index (χ0) is 48.4. The van der Waals surface area contributed by atoms with Crippen molar-refractivity contribution in [1.29, 1.82) is 0 Å². The number of amides is 8. The van der Waals surface area contributed by atoms with Crippen molar-refractivity contribution in [3.05, 3.63) is 73.8 Å². The van der Waals surface area contributed by atoms with Crippen molar-refractivity contribution >= 4 is 64.1 Å². The number of unbranched alkanes of at least 4 members (excludes halogenated alkanes) is 2. The van der Waals surface area contributed by atoms with Gasteiger partial charge in [-0.3, -0.25) is 52.8 Å². The normalized spacial score (nSPS) is 19.2. The number of hydrogen-bond acceptors (Lipinski definition) is 13. The van der Waals surface area contributed by atoms with Crippen molar-refractivity contribution in [2.75, 3.05) is 46.1 Å². The molecule has 2 aromatic heterocycles. The van der Waals surface area contributed by atoms with Crippen LogP contribution in [0.5, 0.6) is 0 Å². The predicted molar refractivity (Wildman–Crippen MR) is 235 cm³/mol. The maximum absolute atomic E-state index is 15.3. The second kappa shape index (κ2) is 19.5. The van der Waals surface area contributed by atoms with E-state index in [1.807, 2.05) is 13.0 Å². The number of hydrogen-bond donors (Lipinski definition) is 6. The molecule has 22 heteroatoms. The lowest BCUT2D eigenvalue weighted by atomic mass is 9.81. The Morgan fingerprint density at radius 2 is 1.46 bits per heavy atom. The zero-order valence-corrected chi connectivity index (χ0v) is 37.4. The fraction of sp³-hybridized carbons (Fsp3) is 0.457. The number of esters is 1. The summed E-state index contributed by atoms with van der Waals surface area (Å²) in [7, 11) is 0. The van der Waals surface area contributed by atoms with E-state index < -0.39 is 73.1 Å². The number of aromatic nitrogens is 2. The number of rotatable bonds is 19. The van der Waals surface area contributed by atoms with Gasteiger partial charge < -0.3 is 45.9 Å². The minimum absolute atomic E-state index is 0.00152. The Morgan fingerprint density at radius 1 is 0.824 bits per heavy atom. The highest BCUT2D eigenvalue weighted by molar-refractivity contribution is 6.12. The number of benzene rings is 1. The van der Waals surface area contributed by atoms with Gasteiger partial charge in [-0.15, -0.1) is 0 Å². The SMILES string of the molecule is Cc1c(F)cc2nc3c(c4c2c1CCC4NC(=O)COCNC(=O)CNC(=O)CNC(=O)CNC(=O)CNC(=O)CCCCCN1C(=O)C=CC1=O)Cn1c-3cc2c(c1=O)COC(=O)C21CC1C. The minimum Gasteiger partial charge on any atom is -0.460 e. The topological polar surface area (TPSA) is 282 Å². The summed E-state index contributed by atoms with van der Waals surface area (Å²) in [5, 5.41) is 15.5. The van der Waals surface area contributed by atoms with Crippen LogP contribution in [0.25, 0.3) is 22.3 Å². The van der Waals surface area contributed by atoms with E-state index in [1.165, 1.54) is 18.2 Å². The molecule has 5 heterocycles. The van der Waals surface area contributed by atoms with Crippen molar-refractivity contribution in [2.45, 2.75) is 83.4 Å². The number of nitrogens with one attached hydrogen (secondary N) is 6. The average molecular weight is 940 g/mol. The van der Waals surface area contributed by atoms with E-state index in [-0.39, 0.29) is 74.6 Å². The number of nitrogens with zero attached hydrogens (tertiary/aromatic N) is 3. The number of carbonyl (C=O) groups excluding carboxylic acids is 9. The quantitative estimate of drug-likeness (QED) is 0.0296. The van der Waals surface area contributed by atoms with Crippen LogP contribution >= 0.6 is 0 Å². The van der Waals surface area contributed by atoms with Gasteiger partial charge in [0.15, 0.2) is 0 Å². The van der Waals surface area contributed by atoms with Crippen LogP contribution in [0.1, 0.15) is 84.9 Å². The number of pyridine rings is 2. The molecule has 6 N–H and O–H groups in total. The Kier molecular flexibility index (Phi) is 13.5. The lowest BCUT2D eigenvalue weighted by Gasteiger charge is -2.29. The number of halogens is 1. The van der Waals surface area contributed by atoms with E-state index >= 15 is 4.39 Å². The number of aryl methyl sites for hydroxylation is 1. The highest BCUT2D eigenvalue weighted by atomic mass is 19.1. The third kappa shape index (κ3) is 9.44. The van der Waals surface area contributed by atoms with E-state index in [2.05, 4.69) is 31.9 Å². The van der Waals surface area contributed by atoms with Gasteiger partial charge >= 0.3 is 5.97 Å². The molecular formula is C46H50FN9O12. The third-order valence-corrected chi connectivity index (χ3v) is 13.1. The van der Waals surface area contributed by atoms with Crippen molar-refractivity contribution in [2.24, 2.45) is 5.92 Å². The summed E-state index contributed by atoms with van der Waals surface area (Å²) in [6.45, 7) is 1.28. The summed E-state index contributed by atoms with van der Waals surface area (Å²) in [6.07, 6.45) is 5.56. The van der Waals surface area contributed by atoms with E-state index in [0.717, 1.165) is 16.0 Å². The molecule has 8 amide bonds. The molecule has 21 nitrogen and oxygen atoms in total. The Balaban J connectivity index is 0.748. The highest BCUT2D eigenvalue weighted by Gasteiger charge is 2.63. The van der Waals surface area contributed by atoms with Crippen LogP contribution in [0.3, 0.4) is 0 Å². The smallest absolute Gasteiger partial charge is 0.317 e. The molecule has 3 unspecified atom stereocenters. The number of carbonyl (C=O) groups is 9. The molecule has 0 saturated heterocycles. The van der Waals surface area contributed by atoms with Gasteiger partial charge in [-0.1, -0.05) is 13.3 Å². The monoisotopic (exact) mass is 939 g/mol. The van der Waals surface area contributed by atoms with Crippen molar-refractivity contribution in [1.82, 2.24) is 46.4 Å². The van der Waals surface area contributed by atoms with Gasteiger partial charge in [0.25, 0.3) is 17.4 Å². The lowest BCUT2D eigenvalue weighted by Crippen LogP contribution is -2.45. The zero-order valence-electron chi connectivity index (χ0n) is 37.4. The average Bonchev–Trinajstić information content (AvgIpc) is 3.68. The van der Waals surface area contributed by atoms with Crippen molar-refractivity contribution < 1.29 is 57.0 Å². The molecule has 3 aromatic rings. The van der Waals surface area contributed by atoms with Crippen LogP contribution in [-0.4, -0.2) is 114 Å². The second-order valence-electron chi connectivity index (χ2n) is 17.5. The van der Waals surface area contributed by atoms with Gasteiger partial charge in [-0.05, 0) is 73.3 Å². The first kappa shape index (κ1) is 47.1. The Morgan fingerprint density at radius 3 is 2.10 bits per heavy atom. The highest BCUT2D eigenvalue weighted by Crippen LogP contribution is 2.58. The molecule has 1 fully saturated rings. The van der Waals surface area contributed by atoms with Gasteiger partial charge in [0, 0.05) is 42.1 Å². The molecule has 68 heavy (non-hydrogen) atoms. The van der Waals surface area contributed by atoms with Gasteiger partial charge in [0.1, 0.15) is 25.8 Å². The van der Waals surface area contributed by atoms with Crippen LogP contribution in [0.4, 0.5) is 4.39 Å². The van der Waals surface area contributed by atoms with Crippen LogP contribution in [0, 0.1) is 18.7 Å². The number of imide groups is 1. The molecule has 1 aromatic carbocycles. The standard InChI is InChI=1S/C46H50FN9O12/c1-23-14-46(23)28-12-32-43-26(19-56(32)44(65)27(28)20-68-45(46)66)42-30(8-7-25-24(2)29(47)13-31(54-43)41(25)42)53-38(62)21-67-22-52-37(61)18-51-36(60)17-50-35(59)16-49-34(58)15-48-33(57)6-4-3-5-11-55-39(63)9-10-40(55)64/h9-10,12-13,23,30H,3-8,11,14-22H2,1-2H3,(H,48,57)(H,49,58)(H,50,59)(H,51,60)(H,52,61)(H,53,62). The Labute approximate surface area is 387 Å². The Hall–Kier alpha value is -7.36. The predicted octanol–water partition coefficient (Wildman–Crippen LogP) is -0.649. The molecule has 8 rings (SSSR count). The molecule has 2 aliphatic carbocycles. The number of cyclic esters (lactones) is 1. The first-order valence-corrected chi connectivity index (χ1v) is 22.4. The molecule has 5 aliphatic rings. The second-order valence-corrected chi connectivity index (χ2v) is 17.5. The van der Waals surface area contributed by atoms with Gasteiger partial charge in [0.05, 0.1) is 66.6 Å². The van der Waals surface area contributed by atoms with Gasteiger partial charge in [0.2, 0.25) is 35.4 Å². The third-order valence-electron chi connectivity index (χ3n) is 13.1. The van der Waals surface area contributed by atoms with Crippen molar-refractivity contribution in [3.63, 3.8) is 0 Å². The van der Waals surface area contributed by atoms with Crippen LogP contribution in [0.15, 0.2) is 29.1 Å². The van der Waals surface area contributed by atoms with Gasteiger partial charge in [-0.2, -0.15) is 0 Å². The molecule has 0 radical (unpaired) electrons. The maximum atomic E-state index is 15.3. The number of ether oxygens (including phenoxy) is 2. The summed E-state index contributed by atoms with van der Waals surface area (Å²) < 4.78 is 27.8. The summed E-state index contributed by atoms with van der Waals surface area (Å²) in [5.74, 6) is -5.08. The molecule has 358 valence electrons. The lowest BCUT2D eigenvalue weighted by molar-refractivity contribution is -0.150. The fourth-order valence-electron chi connectivity index (χ4n) is 9.44. The van der Waals surface area contributed by atoms with Crippen LogP contribution in [0.2, 0.25) is 0 Å². The first-order valence-electron chi connectivity index (χ1n) is 22.4. The van der Waals surface area contributed by atoms with Crippen LogP contribution < -0.4 is 37.5 Å². The minimum atomic E-state index is -0.878. The molecule has 1 saturated carbocycles. The summed E-state index contributed by atoms with van der Waals surface area (Å²) in [4.78, 5) is 130. The molecular weight excluding hydrogens is 890 g/mol. The maximum Gasteiger partial charge on any atom is 0.317 e. The largest absolute Gasteiger partial charge is 0.460 e. The Bertz CT molecular complexity index is 2770. The van der Waals surface area contributed by atoms with Crippen molar-refractivity contribution in [3.8, 4) is 11.4 Å². The molecule has 0 bridgehead atoms.